The second-order valence-corrected chi connectivity index (χ2v) is 5.02. The summed E-state index contributed by atoms with van der Waals surface area (Å²) < 4.78 is 9.95. The highest BCUT2D eigenvalue weighted by atomic mass is 16.6. The molecule has 0 aliphatic carbocycles. The van der Waals surface area contributed by atoms with E-state index < -0.39 is 18.7 Å². The number of ether oxygens (including phenoxy) is 2. The molecule has 1 saturated heterocycles. The fourth-order valence-electron chi connectivity index (χ4n) is 2.19. The van der Waals surface area contributed by atoms with Gasteiger partial charge < -0.3 is 20.3 Å². The summed E-state index contributed by atoms with van der Waals surface area (Å²) in [6.45, 7) is 0.325. The maximum atomic E-state index is 11.8. The van der Waals surface area contributed by atoms with E-state index >= 15 is 0 Å². The van der Waals surface area contributed by atoms with Crippen molar-refractivity contribution in [3.8, 4) is 0 Å². The molecule has 1 amide bonds. The van der Waals surface area contributed by atoms with Gasteiger partial charge in [0.25, 0.3) is 0 Å². The predicted molar refractivity (Wildman–Crippen MR) is 84.7 cm³/mol. The second kappa shape index (κ2) is 8.22. The van der Waals surface area contributed by atoms with E-state index in [1.807, 2.05) is 0 Å². The first-order chi connectivity index (χ1) is 11.5. The number of carboxylic acid groups (broad SMARTS) is 1. The number of nitrogens with two attached hydrogens (primary N) is 1. The molecule has 1 atom stereocenters. The number of cyclic esters (lactones) is 1. The summed E-state index contributed by atoms with van der Waals surface area (Å²) in [5.74, 6) is -1.08. The summed E-state index contributed by atoms with van der Waals surface area (Å²) in [6, 6.07) is 6.56. The van der Waals surface area contributed by atoms with Gasteiger partial charge in [0, 0.05) is 12.2 Å². The van der Waals surface area contributed by atoms with E-state index in [0.717, 1.165) is 5.01 Å². The normalized spacial score (nSPS) is 16.8. The zero-order valence-electron chi connectivity index (χ0n) is 12.8. The highest BCUT2D eigenvalue weighted by Gasteiger charge is 2.31. The molecular weight excluding hydrogens is 320 g/mol. The van der Waals surface area contributed by atoms with Gasteiger partial charge in [0.2, 0.25) is 0 Å². The smallest absolute Gasteiger partial charge is 0.414 e. The third-order valence-corrected chi connectivity index (χ3v) is 3.37. The quantitative estimate of drug-likeness (QED) is 0.379. The van der Waals surface area contributed by atoms with Crippen molar-refractivity contribution in [1.82, 2.24) is 0 Å². The van der Waals surface area contributed by atoms with Crippen molar-refractivity contribution < 1.29 is 24.2 Å². The zero-order valence-corrected chi connectivity index (χ0v) is 12.8. The first-order valence-electron chi connectivity index (χ1n) is 7.23. The van der Waals surface area contributed by atoms with Crippen molar-refractivity contribution in [2.24, 2.45) is 11.0 Å². The van der Waals surface area contributed by atoms with Crippen LogP contribution in [0.25, 0.3) is 0 Å². The Morgan fingerprint density at radius 1 is 1.46 bits per heavy atom. The first-order valence-corrected chi connectivity index (χ1v) is 7.23. The first kappa shape index (κ1) is 17.6. The van der Waals surface area contributed by atoms with Crippen LogP contribution >= 0.6 is 0 Å². The molecule has 1 fully saturated rings. The van der Waals surface area contributed by atoms with E-state index in [4.69, 9.17) is 20.3 Å². The molecule has 0 saturated carbocycles. The van der Waals surface area contributed by atoms with Crippen LogP contribution in [0.1, 0.15) is 0 Å². The van der Waals surface area contributed by atoms with Gasteiger partial charge in [-0.25, -0.2) is 14.6 Å². The lowest BCUT2D eigenvalue weighted by molar-refractivity contribution is -0.142. The fraction of sp³-hybridized carbons (Fsp3) is 0.429. The summed E-state index contributed by atoms with van der Waals surface area (Å²) >= 11 is 0. The minimum atomic E-state index is -1.08. The van der Waals surface area contributed by atoms with Gasteiger partial charge in [0.05, 0.1) is 30.7 Å². The van der Waals surface area contributed by atoms with E-state index in [0.29, 0.717) is 17.9 Å². The minimum absolute atomic E-state index is 0.0381. The number of hydrogen-bond donors (Lipinski definition) is 2. The maximum absolute atomic E-state index is 11.8. The van der Waals surface area contributed by atoms with Crippen LogP contribution in [0, 0.1) is 4.91 Å². The van der Waals surface area contributed by atoms with Crippen LogP contribution in [0.4, 0.5) is 16.2 Å². The average Bonchev–Trinajstić information content (AvgIpc) is 2.96. The van der Waals surface area contributed by atoms with Crippen molar-refractivity contribution in [2.75, 3.05) is 42.8 Å². The highest BCUT2D eigenvalue weighted by Crippen LogP contribution is 2.24. The lowest BCUT2D eigenvalue weighted by atomic mass is 10.2. The van der Waals surface area contributed by atoms with Gasteiger partial charge in [-0.15, -0.1) is 4.91 Å². The summed E-state index contributed by atoms with van der Waals surface area (Å²) in [5, 5.41) is 12.5. The Hall–Kier alpha value is -2.72. The SMILES string of the molecule is NC[C@H]1CN(c2ccc(N(CCOCC(=O)O)N=O)cc2)C(=O)O1. The summed E-state index contributed by atoms with van der Waals surface area (Å²) in [5.41, 5.74) is 6.60. The van der Waals surface area contributed by atoms with Crippen molar-refractivity contribution in [3.05, 3.63) is 29.2 Å². The fourth-order valence-corrected chi connectivity index (χ4v) is 2.19. The number of carboxylic acids is 1. The molecule has 3 N–H and O–H groups in total. The summed E-state index contributed by atoms with van der Waals surface area (Å²) in [6.07, 6.45) is -0.803. The molecule has 1 aliphatic rings. The molecule has 0 radical (unpaired) electrons. The highest BCUT2D eigenvalue weighted by molar-refractivity contribution is 5.90. The maximum Gasteiger partial charge on any atom is 0.414 e. The van der Waals surface area contributed by atoms with Gasteiger partial charge in [-0.3, -0.25) is 4.90 Å². The molecule has 0 bridgehead atoms. The molecule has 1 aromatic rings. The Kier molecular flexibility index (Phi) is 6.04. The number of carbonyl (C=O) groups is 2. The van der Waals surface area contributed by atoms with Crippen LogP contribution in [0.2, 0.25) is 0 Å². The molecule has 10 nitrogen and oxygen atoms in total. The predicted octanol–water partition coefficient (Wildman–Crippen LogP) is 0.560. The van der Waals surface area contributed by atoms with Gasteiger partial charge >= 0.3 is 12.1 Å². The topological polar surface area (TPSA) is 135 Å². The molecule has 0 unspecified atom stereocenters. The Morgan fingerprint density at radius 2 is 2.17 bits per heavy atom. The largest absolute Gasteiger partial charge is 0.480 e. The Labute approximate surface area is 137 Å². The molecule has 0 aromatic heterocycles. The van der Waals surface area contributed by atoms with Crippen molar-refractivity contribution in [3.63, 3.8) is 0 Å². The van der Waals surface area contributed by atoms with Crippen LogP contribution < -0.4 is 15.6 Å². The molecule has 10 heteroatoms. The van der Waals surface area contributed by atoms with Gasteiger partial charge in [0.1, 0.15) is 12.7 Å². The number of benzene rings is 1. The van der Waals surface area contributed by atoms with Crippen molar-refractivity contribution >= 4 is 23.4 Å². The van der Waals surface area contributed by atoms with Crippen LogP contribution in [-0.2, 0) is 14.3 Å². The number of carbonyl (C=O) groups excluding carboxylic acids is 1. The van der Waals surface area contributed by atoms with E-state index in [1.54, 1.807) is 24.3 Å². The number of nitroso groups, excluding NO2 is 1. The van der Waals surface area contributed by atoms with E-state index in [1.165, 1.54) is 4.90 Å². The van der Waals surface area contributed by atoms with Crippen LogP contribution in [0.5, 0.6) is 0 Å². The van der Waals surface area contributed by atoms with E-state index in [-0.39, 0.29) is 25.8 Å². The van der Waals surface area contributed by atoms with E-state index in [9.17, 15) is 14.5 Å². The zero-order chi connectivity index (χ0) is 17.5. The number of rotatable bonds is 9. The number of amides is 1. The molecular formula is C14H18N4O6. The monoisotopic (exact) mass is 338 g/mol. The van der Waals surface area contributed by atoms with Crippen LogP contribution in [0.15, 0.2) is 29.6 Å². The van der Waals surface area contributed by atoms with Crippen molar-refractivity contribution in [2.45, 2.75) is 6.10 Å². The average molecular weight is 338 g/mol. The minimum Gasteiger partial charge on any atom is -0.480 e. The van der Waals surface area contributed by atoms with Gasteiger partial charge in [-0.2, -0.15) is 0 Å². The Balaban J connectivity index is 1.95. The number of aliphatic carboxylic acids is 1. The third kappa shape index (κ3) is 4.40. The molecule has 1 aromatic carbocycles. The molecule has 1 heterocycles. The van der Waals surface area contributed by atoms with Crippen molar-refractivity contribution in [1.29, 1.82) is 0 Å². The summed E-state index contributed by atoms with van der Waals surface area (Å²) in [4.78, 5) is 34.5. The van der Waals surface area contributed by atoms with Gasteiger partial charge in [-0.1, -0.05) is 0 Å². The Morgan fingerprint density at radius 3 is 2.71 bits per heavy atom. The lowest BCUT2D eigenvalue weighted by Gasteiger charge is -2.17. The lowest BCUT2D eigenvalue weighted by Crippen LogP contribution is -2.27. The van der Waals surface area contributed by atoms with Gasteiger partial charge in [0.15, 0.2) is 0 Å². The third-order valence-electron chi connectivity index (χ3n) is 3.37. The van der Waals surface area contributed by atoms with Crippen LogP contribution in [-0.4, -0.2) is 56.1 Å². The number of anilines is 2. The molecule has 1 aliphatic heterocycles. The second-order valence-electron chi connectivity index (χ2n) is 5.02. The van der Waals surface area contributed by atoms with E-state index in [2.05, 4.69) is 5.29 Å². The molecule has 0 spiro atoms. The number of hydrogen-bond acceptors (Lipinski definition) is 7. The molecule has 24 heavy (non-hydrogen) atoms. The van der Waals surface area contributed by atoms with Crippen LogP contribution in [0.3, 0.4) is 0 Å². The Bertz CT molecular complexity index is 593. The molecule has 130 valence electrons. The molecule has 2 rings (SSSR count). The summed E-state index contributed by atoms with van der Waals surface area (Å²) in [7, 11) is 0. The standard InChI is InChI=1S/C14H18N4O6/c15-7-12-8-17(14(21)24-12)10-1-3-11(4-2-10)18(16-22)5-6-23-9-13(19)20/h1-4,12H,5-9,15H2,(H,19,20)/t12-/m0/s1. The van der Waals surface area contributed by atoms with Gasteiger partial charge in [-0.05, 0) is 24.3 Å². The number of nitrogens with zero attached hydrogens (tertiary/aromatic N) is 3.